The summed E-state index contributed by atoms with van der Waals surface area (Å²) in [6.07, 6.45) is 0. The van der Waals surface area contributed by atoms with Gasteiger partial charge in [-0.2, -0.15) is 0 Å². The van der Waals surface area contributed by atoms with Gasteiger partial charge in [-0.15, -0.1) is 0 Å². The van der Waals surface area contributed by atoms with Gasteiger partial charge in [-0.3, -0.25) is 0 Å². The molecule has 50 heavy (non-hydrogen) atoms. The zero-order chi connectivity index (χ0) is 33.3. The average Bonchev–Trinajstić information content (AvgIpc) is 3.21. The van der Waals surface area contributed by atoms with E-state index in [1.165, 1.54) is 88.3 Å². The fourth-order valence-electron chi connectivity index (χ4n) is 7.58. The summed E-state index contributed by atoms with van der Waals surface area (Å²) in [6, 6.07) is 74.9. The smallest absolute Gasteiger partial charge is 0.00199 e. The Hall–Kier alpha value is -6.50. The van der Waals surface area contributed by atoms with Gasteiger partial charge in [0.15, 0.2) is 0 Å². The number of fused-ring (bicyclic) bond motifs is 2. The Kier molecular flexibility index (Phi) is 7.61. The van der Waals surface area contributed by atoms with Crippen LogP contribution in [0.2, 0.25) is 0 Å². The standard InChI is InChI=1S/C50H34/c1-4-16-35(17-5-1)36-28-30-38(31-29-36)41-22-10-11-23-42(41)40-32-33-43(37-18-6-2-7-19-37)48(34-40)50-46-26-14-12-24-44(46)49(39-20-8-3-9-21-39)45-25-13-15-27-47(45)50/h1-34H. The lowest BCUT2D eigenvalue weighted by Gasteiger charge is -2.21. The Morgan fingerprint density at radius 1 is 0.180 bits per heavy atom. The van der Waals surface area contributed by atoms with Gasteiger partial charge in [0, 0.05) is 0 Å². The van der Waals surface area contributed by atoms with Crippen molar-refractivity contribution in [3.63, 3.8) is 0 Å². The van der Waals surface area contributed by atoms with Crippen molar-refractivity contribution in [2.24, 2.45) is 0 Å². The second kappa shape index (κ2) is 12.8. The van der Waals surface area contributed by atoms with E-state index < -0.39 is 0 Å². The molecule has 9 aromatic rings. The number of rotatable bonds is 6. The van der Waals surface area contributed by atoms with Gasteiger partial charge >= 0.3 is 0 Å². The van der Waals surface area contributed by atoms with Crippen LogP contribution in [0.1, 0.15) is 0 Å². The second-order valence-electron chi connectivity index (χ2n) is 12.8. The predicted molar refractivity (Wildman–Crippen MR) is 214 cm³/mol. The van der Waals surface area contributed by atoms with Crippen LogP contribution in [0, 0.1) is 0 Å². The first-order valence-corrected chi connectivity index (χ1v) is 17.3. The van der Waals surface area contributed by atoms with Crippen molar-refractivity contribution in [3.8, 4) is 66.8 Å². The van der Waals surface area contributed by atoms with Gasteiger partial charge < -0.3 is 0 Å². The fraction of sp³-hybridized carbons (Fsp3) is 0. The molecule has 9 aromatic carbocycles. The Morgan fingerprint density at radius 3 is 1.08 bits per heavy atom. The third-order valence-electron chi connectivity index (χ3n) is 9.91. The van der Waals surface area contributed by atoms with Gasteiger partial charge in [0.1, 0.15) is 0 Å². The lowest BCUT2D eigenvalue weighted by Crippen LogP contribution is -1.94. The second-order valence-corrected chi connectivity index (χ2v) is 12.8. The van der Waals surface area contributed by atoms with Crippen LogP contribution in [0.5, 0.6) is 0 Å². The number of benzene rings is 9. The molecule has 0 aliphatic rings. The molecule has 0 spiro atoms. The minimum Gasteiger partial charge on any atom is -0.0622 e. The van der Waals surface area contributed by atoms with E-state index in [2.05, 4.69) is 206 Å². The fourth-order valence-corrected chi connectivity index (χ4v) is 7.58. The molecule has 0 saturated heterocycles. The van der Waals surface area contributed by atoms with Crippen LogP contribution in [0.25, 0.3) is 88.3 Å². The van der Waals surface area contributed by atoms with E-state index >= 15 is 0 Å². The summed E-state index contributed by atoms with van der Waals surface area (Å²) in [7, 11) is 0. The van der Waals surface area contributed by atoms with Gasteiger partial charge in [0.2, 0.25) is 0 Å². The van der Waals surface area contributed by atoms with Crippen molar-refractivity contribution in [2.75, 3.05) is 0 Å². The summed E-state index contributed by atoms with van der Waals surface area (Å²) in [6.45, 7) is 0. The third-order valence-corrected chi connectivity index (χ3v) is 9.91. The SMILES string of the molecule is c1ccc(-c2ccc(-c3ccccc3-c3ccc(-c4ccccc4)c(-c4c5ccccc5c(-c5ccccc5)c5ccccc45)c3)cc2)cc1. The van der Waals surface area contributed by atoms with Crippen molar-refractivity contribution >= 4 is 21.5 Å². The Bertz CT molecular complexity index is 2540. The molecule has 0 unspecified atom stereocenters. The summed E-state index contributed by atoms with van der Waals surface area (Å²) < 4.78 is 0. The Balaban J connectivity index is 1.29. The van der Waals surface area contributed by atoms with Gasteiger partial charge in [-0.05, 0) is 94.4 Å². The molecular weight excluding hydrogens is 601 g/mol. The van der Waals surface area contributed by atoms with Crippen molar-refractivity contribution < 1.29 is 0 Å². The van der Waals surface area contributed by atoms with Gasteiger partial charge in [0.05, 0.1) is 0 Å². The van der Waals surface area contributed by atoms with E-state index in [-0.39, 0.29) is 0 Å². The first-order valence-electron chi connectivity index (χ1n) is 17.3. The molecule has 0 N–H and O–H groups in total. The lowest BCUT2D eigenvalue weighted by atomic mass is 9.82. The molecule has 0 fully saturated rings. The van der Waals surface area contributed by atoms with Crippen LogP contribution in [-0.4, -0.2) is 0 Å². The van der Waals surface area contributed by atoms with E-state index in [9.17, 15) is 0 Å². The molecule has 0 nitrogen and oxygen atoms in total. The zero-order valence-corrected chi connectivity index (χ0v) is 27.6. The molecule has 0 radical (unpaired) electrons. The molecule has 0 saturated carbocycles. The van der Waals surface area contributed by atoms with Crippen LogP contribution < -0.4 is 0 Å². The average molecular weight is 635 g/mol. The molecule has 0 aromatic heterocycles. The summed E-state index contributed by atoms with van der Waals surface area (Å²) in [4.78, 5) is 0. The summed E-state index contributed by atoms with van der Waals surface area (Å²) in [5.74, 6) is 0. The first-order chi connectivity index (χ1) is 24.8. The van der Waals surface area contributed by atoms with Crippen molar-refractivity contribution in [1.82, 2.24) is 0 Å². The normalized spacial score (nSPS) is 11.2. The van der Waals surface area contributed by atoms with E-state index in [1.54, 1.807) is 0 Å². The topological polar surface area (TPSA) is 0 Å². The molecule has 9 rings (SSSR count). The van der Waals surface area contributed by atoms with Crippen LogP contribution in [0.3, 0.4) is 0 Å². The Morgan fingerprint density at radius 2 is 0.520 bits per heavy atom. The van der Waals surface area contributed by atoms with Gasteiger partial charge in [-0.25, -0.2) is 0 Å². The van der Waals surface area contributed by atoms with Crippen LogP contribution in [0.15, 0.2) is 206 Å². The molecule has 0 aliphatic carbocycles. The maximum Gasteiger partial charge on any atom is -0.00199 e. The molecular formula is C50H34. The van der Waals surface area contributed by atoms with E-state index in [0.29, 0.717) is 0 Å². The third kappa shape index (κ3) is 5.28. The lowest BCUT2D eigenvalue weighted by molar-refractivity contribution is 1.56. The molecule has 0 heterocycles. The molecule has 234 valence electrons. The molecule has 0 atom stereocenters. The maximum atomic E-state index is 2.43. The summed E-state index contributed by atoms with van der Waals surface area (Å²) >= 11 is 0. The minimum atomic E-state index is 1.20. The highest BCUT2D eigenvalue weighted by Gasteiger charge is 2.20. The highest BCUT2D eigenvalue weighted by Crippen LogP contribution is 2.47. The van der Waals surface area contributed by atoms with Crippen molar-refractivity contribution in [3.05, 3.63) is 206 Å². The minimum absolute atomic E-state index is 1.20. The highest BCUT2D eigenvalue weighted by molar-refractivity contribution is 6.22. The van der Waals surface area contributed by atoms with Gasteiger partial charge in [-0.1, -0.05) is 200 Å². The summed E-state index contributed by atoms with van der Waals surface area (Å²) in [5.41, 5.74) is 14.7. The zero-order valence-electron chi connectivity index (χ0n) is 27.6. The Labute approximate surface area is 293 Å². The quantitative estimate of drug-likeness (QED) is 0.160. The first kappa shape index (κ1) is 29.6. The maximum absolute atomic E-state index is 2.43. The van der Waals surface area contributed by atoms with Crippen molar-refractivity contribution in [2.45, 2.75) is 0 Å². The van der Waals surface area contributed by atoms with Crippen LogP contribution in [0.4, 0.5) is 0 Å². The van der Waals surface area contributed by atoms with E-state index in [4.69, 9.17) is 0 Å². The predicted octanol–water partition coefficient (Wildman–Crippen LogP) is 14.0. The number of hydrogen-bond acceptors (Lipinski definition) is 0. The van der Waals surface area contributed by atoms with E-state index in [1.807, 2.05) is 0 Å². The van der Waals surface area contributed by atoms with E-state index in [0.717, 1.165) is 0 Å². The molecule has 0 amide bonds. The molecule has 0 aliphatic heterocycles. The van der Waals surface area contributed by atoms with Gasteiger partial charge in [0.25, 0.3) is 0 Å². The largest absolute Gasteiger partial charge is 0.0622 e. The molecule has 0 heteroatoms. The molecule has 0 bridgehead atoms. The van der Waals surface area contributed by atoms with Crippen LogP contribution >= 0.6 is 0 Å². The van der Waals surface area contributed by atoms with Crippen molar-refractivity contribution in [1.29, 1.82) is 0 Å². The van der Waals surface area contributed by atoms with Crippen LogP contribution in [-0.2, 0) is 0 Å². The summed E-state index contributed by atoms with van der Waals surface area (Å²) in [5, 5.41) is 5.03. The number of hydrogen-bond donors (Lipinski definition) is 0. The highest BCUT2D eigenvalue weighted by atomic mass is 14.2. The monoisotopic (exact) mass is 634 g/mol.